The van der Waals surface area contributed by atoms with E-state index in [1.165, 1.54) is 6.07 Å². The molecular weight excluding hydrogens is 504 g/mol. The van der Waals surface area contributed by atoms with Crippen LogP contribution in [0.25, 0.3) is 0 Å². The van der Waals surface area contributed by atoms with Crippen molar-refractivity contribution < 1.29 is 27.4 Å². The number of hydrogen-bond donors (Lipinski definition) is 2. The number of piperazine rings is 1. The van der Waals surface area contributed by atoms with Crippen LogP contribution in [0.2, 0.25) is 0 Å². The number of halogens is 4. The first-order valence-electron chi connectivity index (χ1n) is 12.1. The number of aliphatic hydroxyl groups is 1. The molecule has 0 atom stereocenters. The highest BCUT2D eigenvalue weighted by atomic mass is 19.4. The molecule has 1 aliphatic carbocycles. The molecule has 12 heteroatoms. The summed E-state index contributed by atoms with van der Waals surface area (Å²) in [5.41, 5.74) is 0.261. The Morgan fingerprint density at radius 1 is 1.05 bits per heavy atom. The molecule has 5 rings (SSSR count). The van der Waals surface area contributed by atoms with Crippen LogP contribution >= 0.6 is 0 Å². The number of nitrogens with zero attached hydrogens (tertiary/aromatic N) is 5. The molecule has 8 nitrogen and oxygen atoms in total. The van der Waals surface area contributed by atoms with E-state index in [1.807, 2.05) is 6.07 Å². The summed E-state index contributed by atoms with van der Waals surface area (Å²) in [5, 5.41) is 21.0. The molecule has 0 unspecified atom stereocenters. The number of nitrogens with one attached hydrogen (secondary N) is 1. The van der Waals surface area contributed by atoms with Crippen LogP contribution in [-0.4, -0.2) is 51.4 Å². The molecule has 3 aromatic rings. The van der Waals surface area contributed by atoms with Gasteiger partial charge in [0, 0.05) is 55.3 Å². The smallest absolute Gasteiger partial charge is 0.433 e. The molecule has 0 radical (unpaired) electrons. The van der Waals surface area contributed by atoms with Gasteiger partial charge in [0.25, 0.3) is 0 Å². The van der Waals surface area contributed by atoms with Gasteiger partial charge in [0.15, 0.2) is 5.88 Å². The van der Waals surface area contributed by atoms with Crippen LogP contribution in [0.1, 0.15) is 29.7 Å². The predicted molar refractivity (Wildman–Crippen MR) is 132 cm³/mol. The molecule has 0 spiro atoms. The number of benzene rings is 1. The van der Waals surface area contributed by atoms with E-state index in [0.717, 1.165) is 30.8 Å². The van der Waals surface area contributed by atoms with Crippen molar-refractivity contribution in [1.29, 1.82) is 0 Å². The number of hydrogen-bond acceptors (Lipinski definition) is 8. The second kappa shape index (κ2) is 9.99. The Bertz CT molecular complexity index is 1290. The van der Waals surface area contributed by atoms with Gasteiger partial charge in [-0.3, -0.25) is 4.98 Å². The second-order valence-corrected chi connectivity index (χ2v) is 9.36. The highest BCUT2D eigenvalue weighted by Gasteiger charge is 2.46. The molecule has 1 aliphatic heterocycles. The van der Waals surface area contributed by atoms with Gasteiger partial charge < -0.3 is 25.0 Å². The van der Waals surface area contributed by atoms with Crippen molar-refractivity contribution in [2.45, 2.75) is 31.2 Å². The number of aliphatic hydroxyl groups excluding tert-OH is 1. The number of ether oxygens (including phenoxy) is 1. The first-order chi connectivity index (χ1) is 18.1. The van der Waals surface area contributed by atoms with Gasteiger partial charge in [0.2, 0.25) is 5.88 Å². The van der Waals surface area contributed by atoms with Gasteiger partial charge in [-0.2, -0.15) is 13.2 Å². The van der Waals surface area contributed by atoms with Crippen LogP contribution in [0, 0.1) is 5.82 Å². The van der Waals surface area contributed by atoms with Crippen molar-refractivity contribution in [3.05, 3.63) is 83.8 Å². The third-order valence-corrected chi connectivity index (χ3v) is 6.74. The van der Waals surface area contributed by atoms with Gasteiger partial charge in [-0.25, -0.2) is 4.39 Å². The minimum Gasteiger partial charge on any atom is -0.495 e. The standard InChI is InChI=1S/C26H26F4N6O2/c1-17(37)35-10-12-36(13-11-35)19-3-4-20(21(27)14-19)25(8-9-25)32-23-6-7-24(34-33-23)38-16-18-2-5-22(31-15-18)26(28,29)30/h2-7,14-15,37H,1,8-13,16H2,(H,32,33). The van der Waals surface area contributed by atoms with Crippen molar-refractivity contribution in [1.82, 2.24) is 20.1 Å². The Morgan fingerprint density at radius 2 is 1.82 bits per heavy atom. The van der Waals surface area contributed by atoms with Gasteiger partial charge in [0.1, 0.15) is 23.9 Å². The Labute approximate surface area is 216 Å². The van der Waals surface area contributed by atoms with E-state index in [9.17, 15) is 18.3 Å². The Morgan fingerprint density at radius 3 is 2.37 bits per heavy atom. The average Bonchev–Trinajstić information content (AvgIpc) is 3.68. The monoisotopic (exact) mass is 530 g/mol. The summed E-state index contributed by atoms with van der Waals surface area (Å²) in [7, 11) is 0. The van der Waals surface area contributed by atoms with E-state index in [0.29, 0.717) is 43.1 Å². The van der Waals surface area contributed by atoms with E-state index < -0.39 is 17.4 Å². The van der Waals surface area contributed by atoms with E-state index >= 15 is 4.39 Å². The third kappa shape index (κ3) is 5.58. The highest BCUT2D eigenvalue weighted by Crippen LogP contribution is 2.49. The molecule has 200 valence electrons. The van der Waals surface area contributed by atoms with E-state index in [1.54, 1.807) is 29.2 Å². The van der Waals surface area contributed by atoms with E-state index in [4.69, 9.17) is 4.74 Å². The van der Waals surface area contributed by atoms with Crippen LogP contribution in [0.5, 0.6) is 5.88 Å². The zero-order chi connectivity index (χ0) is 26.9. The lowest BCUT2D eigenvalue weighted by Gasteiger charge is -2.36. The average molecular weight is 531 g/mol. The van der Waals surface area contributed by atoms with Crippen molar-refractivity contribution in [2.24, 2.45) is 0 Å². The number of rotatable bonds is 8. The van der Waals surface area contributed by atoms with E-state index in [2.05, 4.69) is 32.0 Å². The van der Waals surface area contributed by atoms with Gasteiger partial charge in [-0.1, -0.05) is 12.1 Å². The number of alkyl halides is 3. The van der Waals surface area contributed by atoms with Crippen molar-refractivity contribution >= 4 is 11.5 Å². The molecule has 1 saturated carbocycles. The fraction of sp³-hybridized carbons (Fsp3) is 0.346. The first kappa shape index (κ1) is 25.6. The second-order valence-electron chi connectivity index (χ2n) is 9.36. The lowest BCUT2D eigenvalue weighted by atomic mass is 10.0. The zero-order valence-corrected chi connectivity index (χ0v) is 20.4. The maximum atomic E-state index is 15.2. The van der Waals surface area contributed by atoms with Crippen LogP contribution in [-0.2, 0) is 18.3 Å². The molecule has 3 heterocycles. The number of pyridine rings is 1. The van der Waals surface area contributed by atoms with E-state index in [-0.39, 0.29) is 24.2 Å². The topological polar surface area (TPSA) is 86.6 Å². The fourth-order valence-corrected chi connectivity index (χ4v) is 4.44. The summed E-state index contributed by atoms with van der Waals surface area (Å²) in [5.74, 6) is 0.391. The zero-order valence-electron chi connectivity index (χ0n) is 20.4. The van der Waals surface area contributed by atoms with Gasteiger partial charge in [-0.15, -0.1) is 10.2 Å². The number of aromatic nitrogens is 3. The van der Waals surface area contributed by atoms with Crippen molar-refractivity contribution in [3.8, 4) is 5.88 Å². The Kier molecular flexibility index (Phi) is 6.72. The van der Waals surface area contributed by atoms with Crippen LogP contribution in [0.4, 0.5) is 29.1 Å². The van der Waals surface area contributed by atoms with Crippen LogP contribution < -0.4 is 15.0 Å². The SMILES string of the molecule is C=C(O)N1CCN(c2ccc(C3(Nc4ccc(OCc5ccc(C(F)(F)F)nc5)nn4)CC3)c(F)c2)CC1. The molecule has 2 fully saturated rings. The minimum atomic E-state index is -4.50. The predicted octanol–water partition coefficient (Wildman–Crippen LogP) is 4.86. The molecule has 2 N–H and O–H groups in total. The Balaban J connectivity index is 1.18. The van der Waals surface area contributed by atoms with Gasteiger partial charge in [-0.05, 0) is 43.7 Å². The molecule has 38 heavy (non-hydrogen) atoms. The largest absolute Gasteiger partial charge is 0.495 e. The van der Waals surface area contributed by atoms with Gasteiger partial charge in [0.05, 0.1) is 5.54 Å². The Hall–Kier alpha value is -4.09. The summed E-state index contributed by atoms with van der Waals surface area (Å²) >= 11 is 0. The normalized spacial score (nSPS) is 16.7. The molecule has 2 aromatic heterocycles. The lowest BCUT2D eigenvalue weighted by molar-refractivity contribution is -0.141. The van der Waals surface area contributed by atoms with Gasteiger partial charge >= 0.3 is 6.18 Å². The summed E-state index contributed by atoms with van der Waals surface area (Å²) in [6.45, 7) is 6.07. The fourth-order valence-electron chi connectivity index (χ4n) is 4.44. The van der Waals surface area contributed by atoms with Crippen LogP contribution in [0.15, 0.2) is 61.1 Å². The maximum Gasteiger partial charge on any atom is 0.433 e. The van der Waals surface area contributed by atoms with Crippen molar-refractivity contribution in [2.75, 3.05) is 36.4 Å². The first-order valence-corrected chi connectivity index (χ1v) is 12.1. The van der Waals surface area contributed by atoms with Crippen molar-refractivity contribution in [3.63, 3.8) is 0 Å². The molecule has 2 aliphatic rings. The maximum absolute atomic E-state index is 15.2. The third-order valence-electron chi connectivity index (χ3n) is 6.74. The van der Waals surface area contributed by atoms with Crippen LogP contribution in [0.3, 0.4) is 0 Å². The quantitative estimate of drug-likeness (QED) is 0.316. The number of anilines is 2. The molecule has 1 aromatic carbocycles. The molecular formula is C26H26F4N6O2. The summed E-state index contributed by atoms with van der Waals surface area (Å²) in [6.07, 6.45) is -1.91. The highest BCUT2D eigenvalue weighted by molar-refractivity contribution is 5.53. The molecule has 1 saturated heterocycles. The molecule has 0 bridgehead atoms. The summed E-state index contributed by atoms with van der Waals surface area (Å²) < 4.78 is 58.6. The summed E-state index contributed by atoms with van der Waals surface area (Å²) in [4.78, 5) is 7.26. The minimum absolute atomic E-state index is 0.0160. The summed E-state index contributed by atoms with van der Waals surface area (Å²) in [6, 6.07) is 10.7. The molecule has 0 amide bonds. The lowest BCUT2D eigenvalue weighted by Crippen LogP contribution is -2.45.